The molecule has 0 aliphatic rings. The van der Waals surface area contributed by atoms with Crippen LogP contribution in [0.25, 0.3) is 0 Å². The Morgan fingerprint density at radius 3 is 2.62 bits per heavy atom. The van der Waals surface area contributed by atoms with Crippen LogP contribution in [0.2, 0.25) is 5.02 Å². The number of carbonyl (C=O) groups excluding carboxylic acids is 3. The fourth-order valence-corrected chi connectivity index (χ4v) is 3.64. The highest BCUT2D eigenvalue weighted by atomic mass is 35.5. The molecule has 2 aromatic heterocycles. The topological polar surface area (TPSA) is 126 Å². The molecule has 0 atom stereocenters. The number of H-pyrrole nitrogens is 1. The van der Waals surface area contributed by atoms with Gasteiger partial charge >= 0.3 is 5.97 Å². The third-order valence-electron chi connectivity index (χ3n) is 4.07. The van der Waals surface area contributed by atoms with Crippen LogP contribution in [0.4, 0.5) is 14.6 Å². The molecule has 0 radical (unpaired) electrons. The molecule has 0 fully saturated rings. The van der Waals surface area contributed by atoms with E-state index in [-0.39, 0.29) is 40.3 Å². The zero-order valence-electron chi connectivity index (χ0n) is 16.7. The molecule has 1 aromatic carbocycles. The number of aryl methyl sites for hydroxylation is 1. The molecule has 3 N–H and O–H groups in total. The Morgan fingerprint density at radius 2 is 1.91 bits per heavy atom. The first-order valence-electron chi connectivity index (χ1n) is 9.12. The second-order valence-corrected chi connectivity index (χ2v) is 7.79. The van der Waals surface area contributed by atoms with Crippen molar-refractivity contribution in [2.75, 3.05) is 11.9 Å². The molecule has 0 bridgehead atoms. The van der Waals surface area contributed by atoms with Gasteiger partial charge in [0.15, 0.2) is 17.3 Å². The van der Waals surface area contributed by atoms with Crippen LogP contribution < -0.4 is 10.6 Å². The second-order valence-electron chi connectivity index (χ2n) is 6.30. The van der Waals surface area contributed by atoms with Gasteiger partial charge in [-0.3, -0.25) is 14.7 Å². The van der Waals surface area contributed by atoms with Crippen LogP contribution in [0.5, 0.6) is 0 Å². The molecule has 0 saturated carbocycles. The maximum atomic E-state index is 13.4. The summed E-state index contributed by atoms with van der Waals surface area (Å²) >= 11 is 6.88. The molecule has 0 unspecified atom stereocenters. The van der Waals surface area contributed by atoms with Crippen LogP contribution in [0.1, 0.15) is 48.1 Å². The van der Waals surface area contributed by atoms with Crippen LogP contribution in [0.15, 0.2) is 18.2 Å². The molecular formula is C19H16ClF2N5O4S. The number of esters is 1. The average molecular weight is 484 g/mol. The van der Waals surface area contributed by atoms with Gasteiger partial charge in [0.1, 0.15) is 5.82 Å². The molecule has 0 spiro atoms. The van der Waals surface area contributed by atoms with Crippen molar-refractivity contribution < 1.29 is 27.9 Å². The Balaban J connectivity index is 1.62. The highest BCUT2D eigenvalue weighted by Crippen LogP contribution is 2.22. The van der Waals surface area contributed by atoms with Crippen molar-refractivity contribution in [2.24, 2.45) is 0 Å². The maximum Gasteiger partial charge on any atom is 0.367 e. The zero-order valence-corrected chi connectivity index (χ0v) is 18.3. The molecule has 32 heavy (non-hydrogen) atoms. The van der Waals surface area contributed by atoms with Crippen molar-refractivity contribution in [3.63, 3.8) is 0 Å². The standard InChI is InChI=1S/C19H16ClF2N5O4S/c1-3-31-19(30)18-24-8(2)14(32-18)7-23-17(29)13-6-15(27-26-13)25-16(28)9-4-11(21)12(22)5-10(9)20/h4-6H,3,7H2,1-2H3,(H,23,29)(H2,25,26,27,28). The number of benzene rings is 1. The number of thiazole rings is 1. The van der Waals surface area contributed by atoms with Gasteiger partial charge in [0.2, 0.25) is 5.01 Å². The number of anilines is 1. The summed E-state index contributed by atoms with van der Waals surface area (Å²) in [6.07, 6.45) is 0. The largest absolute Gasteiger partial charge is 0.461 e. The number of aromatic nitrogens is 3. The number of ether oxygens (including phenoxy) is 1. The first kappa shape index (κ1) is 23.3. The van der Waals surface area contributed by atoms with Crippen molar-refractivity contribution in [3.05, 3.63) is 61.7 Å². The van der Waals surface area contributed by atoms with Crippen LogP contribution >= 0.6 is 22.9 Å². The first-order valence-corrected chi connectivity index (χ1v) is 10.3. The van der Waals surface area contributed by atoms with Gasteiger partial charge in [-0.15, -0.1) is 11.3 Å². The third kappa shape index (κ3) is 5.26. The zero-order chi connectivity index (χ0) is 23.4. The van der Waals surface area contributed by atoms with E-state index in [4.69, 9.17) is 16.3 Å². The number of halogens is 3. The number of hydrogen-bond acceptors (Lipinski definition) is 7. The summed E-state index contributed by atoms with van der Waals surface area (Å²) < 4.78 is 31.5. The Bertz CT molecular complexity index is 1200. The third-order valence-corrected chi connectivity index (χ3v) is 5.52. The number of carbonyl (C=O) groups is 3. The Morgan fingerprint density at radius 1 is 1.19 bits per heavy atom. The van der Waals surface area contributed by atoms with Crippen LogP contribution in [-0.2, 0) is 11.3 Å². The number of nitrogens with zero attached hydrogens (tertiary/aromatic N) is 2. The summed E-state index contributed by atoms with van der Waals surface area (Å²) in [5, 5.41) is 11.2. The molecule has 0 aliphatic heterocycles. The number of hydrogen-bond donors (Lipinski definition) is 3. The quantitative estimate of drug-likeness (QED) is 0.349. The van der Waals surface area contributed by atoms with Crippen molar-refractivity contribution in [1.82, 2.24) is 20.5 Å². The van der Waals surface area contributed by atoms with E-state index in [1.54, 1.807) is 13.8 Å². The van der Waals surface area contributed by atoms with Gasteiger partial charge in [0, 0.05) is 10.9 Å². The van der Waals surface area contributed by atoms with Crippen molar-refractivity contribution >= 4 is 46.5 Å². The van der Waals surface area contributed by atoms with Crippen LogP contribution in [0.3, 0.4) is 0 Å². The van der Waals surface area contributed by atoms with E-state index in [0.717, 1.165) is 11.3 Å². The first-order chi connectivity index (χ1) is 15.2. The lowest BCUT2D eigenvalue weighted by Crippen LogP contribution is -2.23. The SMILES string of the molecule is CCOC(=O)c1nc(C)c(CNC(=O)c2cc(NC(=O)c3cc(F)c(F)cc3Cl)[nH]n2)s1. The molecular weight excluding hydrogens is 468 g/mol. The van der Waals surface area contributed by atoms with E-state index < -0.39 is 29.4 Å². The Kier molecular flexibility index (Phi) is 7.15. The molecule has 9 nitrogen and oxygen atoms in total. The van der Waals surface area contributed by atoms with E-state index in [9.17, 15) is 23.2 Å². The van der Waals surface area contributed by atoms with Gasteiger partial charge in [-0.25, -0.2) is 18.6 Å². The van der Waals surface area contributed by atoms with Gasteiger partial charge in [0.05, 0.1) is 29.4 Å². The molecule has 2 heterocycles. The minimum Gasteiger partial charge on any atom is -0.461 e. The van der Waals surface area contributed by atoms with Crippen molar-refractivity contribution in [1.29, 1.82) is 0 Å². The summed E-state index contributed by atoms with van der Waals surface area (Å²) in [4.78, 5) is 41.2. The van der Waals surface area contributed by atoms with Gasteiger partial charge < -0.3 is 15.4 Å². The van der Waals surface area contributed by atoms with E-state index in [2.05, 4.69) is 25.8 Å². The number of aromatic amines is 1. The lowest BCUT2D eigenvalue weighted by Gasteiger charge is -2.05. The molecule has 13 heteroatoms. The lowest BCUT2D eigenvalue weighted by molar-refractivity contribution is 0.0525. The van der Waals surface area contributed by atoms with Gasteiger partial charge in [-0.05, 0) is 26.0 Å². The average Bonchev–Trinajstić information content (AvgIpc) is 3.35. The van der Waals surface area contributed by atoms with E-state index >= 15 is 0 Å². The molecule has 168 valence electrons. The highest BCUT2D eigenvalue weighted by Gasteiger charge is 2.19. The Hall–Kier alpha value is -3.38. The van der Waals surface area contributed by atoms with E-state index in [1.165, 1.54) is 6.07 Å². The molecule has 3 rings (SSSR count). The number of nitrogens with one attached hydrogen (secondary N) is 3. The maximum absolute atomic E-state index is 13.4. The van der Waals surface area contributed by atoms with Gasteiger partial charge in [0.25, 0.3) is 11.8 Å². The molecule has 3 aromatic rings. The number of amides is 2. The van der Waals surface area contributed by atoms with Crippen molar-refractivity contribution in [2.45, 2.75) is 20.4 Å². The predicted molar refractivity (Wildman–Crippen MR) is 112 cm³/mol. The fraction of sp³-hybridized carbons (Fsp3) is 0.211. The second kappa shape index (κ2) is 9.83. The molecule has 0 aliphatic carbocycles. The molecule has 0 saturated heterocycles. The van der Waals surface area contributed by atoms with Crippen LogP contribution in [0, 0.1) is 18.6 Å². The monoisotopic (exact) mass is 483 g/mol. The summed E-state index contributed by atoms with van der Waals surface area (Å²) in [5.74, 6) is -4.28. The van der Waals surface area contributed by atoms with Gasteiger partial charge in [-0.2, -0.15) is 5.10 Å². The number of rotatable bonds is 7. The van der Waals surface area contributed by atoms with Crippen molar-refractivity contribution in [3.8, 4) is 0 Å². The predicted octanol–water partition coefficient (Wildman–Crippen LogP) is 3.47. The summed E-state index contributed by atoms with van der Waals surface area (Å²) in [7, 11) is 0. The van der Waals surface area contributed by atoms with Crippen LogP contribution in [-0.4, -0.2) is 39.6 Å². The minimum atomic E-state index is -1.23. The van der Waals surface area contributed by atoms with Gasteiger partial charge in [-0.1, -0.05) is 11.6 Å². The molecule has 2 amide bonds. The smallest absolute Gasteiger partial charge is 0.367 e. The fourth-order valence-electron chi connectivity index (χ4n) is 2.51. The summed E-state index contributed by atoms with van der Waals surface area (Å²) in [6, 6.07) is 2.61. The Labute approximate surface area is 189 Å². The van der Waals surface area contributed by atoms with E-state index in [1.807, 2.05) is 0 Å². The minimum absolute atomic E-state index is 0.0375. The summed E-state index contributed by atoms with van der Waals surface area (Å²) in [6.45, 7) is 3.71. The highest BCUT2D eigenvalue weighted by molar-refractivity contribution is 7.13. The summed E-state index contributed by atoms with van der Waals surface area (Å²) in [5.41, 5.74) is 0.255. The normalized spacial score (nSPS) is 10.7. The van der Waals surface area contributed by atoms with E-state index in [0.29, 0.717) is 22.7 Å². The lowest BCUT2D eigenvalue weighted by atomic mass is 10.2.